The van der Waals surface area contributed by atoms with Crippen molar-refractivity contribution in [3.8, 4) is 16.9 Å². The van der Waals surface area contributed by atoms with Crippen molar-refractivity contribution >= 4 is 34.4 Å². The smallest absolute Gasteiger partial charge is 0.223 e. The minimum Gasteiger partial charge on any atom is -0.393 e. The van der Waals surface area contributed by atoms with Gasteiger partial charge in [-0.1, -0.05) is 48.0 Å². The Kier molecular flexibility index (Phi) is 7.04. The zero-order valence-corrected chi connectivity index (χ0v) is 21.9. The lowest BCUT2D eigenvalue weighted by Gasteiger charge is -2.31. The van der Waals surface area contributed by atoms with Crippen LogP contribution in [0, 0.1) is 5.92 Å². The molecule has 0 spiro atoms. The third-order valence-electron chi connectivity index (χ3n) is 7.88. The number of rotatable bonds is 6. The van der Waals surface area contributed by atoms with Gasteiger partial charge in [0.1, 0.15) is 0 Å². The third kappa shape index (κ3) is 5.13. The maximum absolute atomic E-state index is 12.7. The summed E-state index contributed by atoms with van der Waals surface area (Å²) in [5, 5.41) is 18.1. The van der Waals surface area contributed by atoms with E-state index in [2.05, 4.69) is 50.6 Å². The molecule has 7 nitrogen and oxygen atoms in total. The number of halogens is 1. The van der Waals surface area contributed by atoms with E-state index in [-0.39, 0.29) is 30.0 Å². The molecule has 4 aromatic rings. The zero-order valence-electron chi connectivity index (χ0n) is 21.2. The van der Waals surface area contributed by atoms with Crippen LogP contribution in [0.4, 0.5) is 5.95 Å². The van der Waals surface area contributed by atoms with Gasteiger partial charge in [0.2, 0.25) is 11.9 Å². The van der Waals surface area contributed by atoms with Crippen molar-refractivity contribution in [1.82, 2.24) is 19.9 Å². The summed E-state index contributed by atoms with van der Waals surface area (Å²) < 4.78 is 2.16. The molecule has 3 N–H and O–H groups in total. The molecule has 38 heavy (non-hydrogen) atoms. The number of hydrogen-bond donors (Lipinski definition) is 3. The molecular weight excluding hydrogens is 498 g/mol. The molecule has 2 saturated carbocycles. The van der Waals surface area contributed by atoms with Crippen molar-refractivity contribution in [2.75, 3.05) is 5.32 Å². The topological polar surface area (TPSA) is 92.1 Å². The van der Waals surface area contributed by atoms with E-state index in [1.807, 2.05) is 30.3 Å². The summed E-state index contributed by atoms with van der Waals surface area (Å²) in [7, 11) is 0. The summed E-state index contributed by atoms with van der Waals surface area (Å²) in [4.78, 5) is 22.0. The lowest BCUT2D eigenvalue weighted by atomic mass is 9.90. The molecule has 2 aromatic carbocycles. The molecule has 2 aliphatic carbocycles. The van der Waals surface area contributed by atoms with Crippen LogP contribution in [0.25, 0.3) is 27.8 Å². The number of nitrogens with one attached hydrogen (secondary N) is 2. The predicted octanol–water partition coefficient (Wildman–Crippen LogP) is 5.74. The Hall–Kier alpha value is -3.42. The van der Waals surface area contributed by atoms with E-state index in [0.717, 1.165) is 54.3 Å². The molecule has 0 bridgehead atoms. The van der Waals surface area contributed by atoms with Crippen LogP contribution in [0.2, 0.25) is 5.02 Å². The number of aliphatic hydroxyl groups excluding tert-OH is 1. The second-order valence-corrected chi connectivity index (χ2v) is 10.9. The Morgan fingerprint density at radius 2 is 1.76 bits per heavy atom. The van der Waals surface area contributed by atoms with E-state index in [1.54, 1.807) is 6.20 Å². The number of amides is 1. The first-order valence-electron chi connectivity index (χ1n) is 13.5. The van der Waals surface area contributed by atoms with Gasteiger partial charge in [0, 0.05) is 40.8 Å². The van der Waals surface area contributed by atoms with Crippen molar-refractivity contribution in [1.29, 1.82) is 0 Å². The number of nitrogens with zero attached hydrogens (tertiary/aromatic N) is 3. The number of benzene rings is 2. The first-order valence-corrected chi connectivity index (χ1v) is 13.9. The molecule has 0 aliphatic heterocycles. The van der Waals surface area contributed by atoms with Gasteiger partial charge in [-0.05, 0) is 63.1 Å². The Balaban J connectivity index is 1.22. The lowest BCUT2D eigenvalue weighted by molar-refractivity contribution is -0.126. The fourth-order valence-electron chi connectivity index (χ4n) is 5.95. The fourth-order valence-corrected chi connectivity index (χ4v) is 6.14. The molecule has 6 rings (SSSR count). The first kappa shape index (κ1) is 24.9. The highest BCUT2D eigenvalue weighted by Gasteiger charge is 2.31. The van der Waals surface area contributed by atoms with Crippen LogP contribution in [-0.4, -0.2) is 43.7 Å². The molecule has 2 heterocycles. The molecule has 1 amide bonds. The number of carbonyl (C=O) groups excluding carboxylic acids is 1. The average molecular weight is 530 g/mol. The number of anilines is 1. The molecule has 8 heteroatoms. The molecule has 0 radical (unpaired) electrons. The summed E-state index contributed by atoms with van der Waals surface area (Å²) >= 11 is 6.65. The number of hydrogen-bond acceptors (Lipinski definition) is 5. The summed E-state index contributed by atoms with van der Waals surface area (Å²) in [5.41, 5.74) is 3.79. The van der Waals surface area contributed by atoms with Crippen LogP contribution >= 0.6 is 11.6 Å². The van der Waals surface area contributed by atoms with E-state index >= 15 is 0 Å². The van der Waals surface area contributed by atoms with Crippen LogP contribution in [0.15, 0.2) is 67.0 Å². The van der Waals surface area contributed by atoms with Crippen molar-refractivity contribution in [2.45, 2.75) is 63.1 Å². The van der Waals surface area contributed by atoms with Gasteiger partial charge in [0.05, 0.1) is 28.5 Å². The molecule has 196 valence electrons. The number of aromatic nitrogens is 3. The van der Waals surface area contributed by atoms with E-state index in [1.165, 1.54) is 0 Å². The summed E-state index contributed by atoms with van der Waals surface area (Å²) in [6.07, 6.45) is 9.24. The van der Waals surface area contributed by atoms with Crippen LogP contribution in [0.1, 0.15) is 44.9 Å². The largest absolute Gasteiger partial charge is 0.393 e. The monoisotopic (exact) mass is 529 g/mol. The number of fused-ring (bicyclic) bond motifs is 1. The van der Waals surface area contributed by atoms with Crippen LogP contribution in [0.5, 0.6) is 0 Å². The lowest BCUT2D eigenvalue weighted by Crippen LogP contribution is -2.44. The highest BCUT2D eigenvalue weighted by molar-refractivity contribution is 6.33. The van der Waals surface area contributed by atoms with Gasteiger partial charge in [-0.3, -0.25) is 4.79 Å². The maximum Gasteiger partial charge on any atom is 0.223 e. The Morgan fingerprint density at radius 1 is 0.974 bits per heavy atom. The highest BCUT2D eigenvalue weighted by atomic mass is 35.5. The van der Waals surface area contributed by atoms with Crippen molar-refractivity contribution < 1.29 is 9.90 Å². The minimum atomic E-state index is -0.343. The van der Waals surface area contributed by atoms with Crippen LogP contribution < -0.4 is 10.6 Å². The summed E-state index contributed by atoms with van der Waals surface area (Å²) in [6, 6.07) is 18.7. The van der Waals surface area contributed by atoms with Crippen LogP contribution in [0.3, 0.4) is 0 Å². The van der Waals surface area contributed by atoms with Gasteiger partial charge >= 0.3 is 0 Å². The van der Waals surface area contributed by atoms with Gasteiger partial charge in [-0.2, -0.15) is 0 Å². The van der Waals surface area contributed by atoms with Gasteiger partial charge in [-0.25, -0.2) is 9.97 Å². The van der Waals surface area contributed by atoms with E-state index in [9.17, 15) is 9.90 Å². The molecule has 0 unspecified atom stereocenters. The van der Waals surface area contributed by atoms with Crippen molar-refractivity contribution in [3.63, 3.8) is 0 Å². The first-order chi connectivity index (χ1) is 18.5. The summed E-state index contributed by atoms with van der Waals surface area (Å²) in [6.45, 7) is 0. The normalized spacial score (nSPS) is 23.4. The quantitative estimate of drug-likeness (QED) is 0.296. The Bertz CT molecular complexity index is 1440. The van der Waals surface area contributed by atoms with E-state index in [0.29, 0.717) is 29.5 Å². The minimum absolute atomic E-state index is 0.0708. The number of para-hydroxylation sites is 2. The highest BCUT2D eigenvalue weighted by Crippen LogP contribution is 2.36. The van der Waals surface area contributed by atoms with E-state index in [4.69, 9.17) is 16.6 Å². The maximum atomic E-state index is 12.7. The van der Waals surface area contributed by atoms with E-state index < -0.39 is 0 Å². The second kappa shape index (κ2) is 10.8. The van der Waals surface area contributed by atoms with Crippen molar-refractivity contribution in [3.05, 3.63) is 72.0 Å². The standard InChI is InChI=1S/C30H32ClN5O2/c31-26-17-32-30(34-21-8-6-7-20(16-21)33-29(38)19-13-14-23(37)15-19)35-28(26)25-18-36(22-9-2-1-3-10-22)27-12-5-4-11-24(25)27/h1-5,9-12,17-21,23,37H,6-8,13-16H2,(H,33,38)(H,32,34,35)/t19-,20-,21+,23-/m0/s1. The van der Waals surface area contributed by atoms with Gasteiger partial charge in [-0.15, -0.1) is 0 Å². The van der Waals surface area contributed by atoms with Crippen molar-refractivity contribution in [2.24, 2.45) is 5.92 Å². The Morgan fingerprint density at radius 3 is 2.58 bits per heavy atom. The molecule has 2 aromatic heterocycles. The average Bonchev–Trinajstić information content (AvgIpc) is 3.55. The predicted molar refractivity (Wildman–Crippen MR) is 150 cm³/mol. The SMILES string of the molecule is O=C(N[C@H]1CCC[C@@H](Nc2ncc(Cl)c(-c3cn(-c4ccccc4)c4ccccc34)n2)C1)[C@H]1CC[C@H](O)C1. The molecule has 2 fully saturated rings. The molecule has 2 aliphatic rings. The number of aliphatic hydroxyl groups is 1. The van der Waals surface area contributed by atoms with Gasteiger partial charge < -0.3 is 20.3 Å². The third-order valence-corrected chi connectivity index (χ3v) is 8.15. The zero-order chi connectivity index (χ0) is 26.1. The summed E-state index contributed by atoms with van der Waals surface area (Å²) in [5.74, 6) is 0.544. The molecular formula is C30H32ClN5O2. The van der Waals surface area contributed by atoms with Gasteiger partial charge in [0.25, 0.3) is 0 Å². The molecule has 0 saturated heterocycles. The van der Waals surface area contributed by atoms with Gasteiger partial charge in [0.15, 0.2) is 0 Å². The Labute approximate surface area is 227 Å². The second-order valence-electron chi connectivity index (χ2n) is 10.5. The fraction of sp³-hybridized carbons (Fsp3) is 0.367. The molecule has 4 atom stereocenters. The number of carbonyl (C=O) groups is 1. The van der Waals surface area contributed by atoms with Crippen LogP contribution in [-0.2, 0) is 4.79 Å².